The van der Waals surface area contributed by atoms with Gasteiger partial charge in [-0.2, -0.15) is 0 Å². The zero-order valence-electron chi connectivity index (χ0n) is 11.5. The molecule has 2 rings (SSSR count). The van der Waals surface area contributed by atoms with E-state index in [1.54, 1.807) is 12.1 Å². The molecule has 2 aromatic carbocycles. The van der Waals surface area contributed by atoms with Crippen LogP contribution in [-0.2, 0) is 13.2 Å². The first-order chi connectivity index (χ1) is 10.2. The minimum atomic E-state index is -0.376. The van der Waals surface area contributed by atoms with Crippen molar-refractivity contribution in [3.63, 3.8) is 0 Å². The van der Waals surface area contributed by atoms with E-state index in [0.717, 1.165) is 5.56 Å². The average molecular weight is 310 g/mol. The van der Waals surface area contributed by atoms with Crippen molar-refractivity contribution in [2.45, 2.75) is 13.2 Å². The van der Waals surface area contributed by atoms with Crippen molar-refractivity contribution in [3.8, 4) is 5.75 Å². The van der Waals surface area contributed by atoms with Gasteiger partial charge in [0.2, 0.25) is 0 Å². The molecule has 0 aliphatic heterocycles. The molecule has 5 heteroatoms. The number of ether oxygens (including phenoxy) is 1. The first-order valence-corrected chi connectivity index (χ1v) is 7.05. The highest BCUT2D eigenvalue weighted by atomic mass is 35.5. The van der Waals surface area contributed by atoms with Gasteiger partial charge in [0.1, 0.15) is 18.2 Å². The highest BCUT2D eigenvalue weighted by Crippen LogP contribution is 2.23. The zero-order valence-corrected chi connectivity index (χ0v) is 12.2. The molecule has 21 heavy (non-hydrogen) atoms. The van der Waals surface area contributed by atoms with E-state index in [-0.39, 0.29) is 19.0 Å². The number of halogens is 2. The average Bonchev–Trinajstić information content (AvgIpc) is 2.48. The van der Waals surface area contributed by atoms with Gasteiger partial charge in [-0.1, -0.05) is 35.9 Å². The second kappa shape index (κ2) is 7.98. The zero-order chi connectivity index (χ0) is 15.1. The molecule has 0 saturated heterocycles. The van der Waals surface area contributed by atoms with Crippen molar-refractivity contribution in [3.05, 3.63) is 64.4 Å². The molecule has 3 nitrogen and oxygen atoms in total. The molecule has 0 atom stereocenters. The fraction of sp³-hybridized carbons (Fsp3) is 0.250. The lowest BCUT2D eigenvalue weighted by molar-refractivity contribution is 0.286. The van der Waals surface area contributed by atoms with Gasteiger partial charge in [0.05, 0.1) is 11.6 Å². The quantitative estimate of drug-likeness (QED) is 0.772. The fourth-order valence-electron chi connectivity index (χ4n) is 1.91. The van der Waals surface area contributed by atoms with Crippen LogP contribution in [0.15, 0.2) is 42.5 Å². The van der Waals surface area contributed by atoms with Crippen LogP contribution in [0.1, 0.15) is 11.1 Å². The summed E-state index contributed by atoms with van der Waals surface area (Å²) in [5.41, 5.74) is 1.29. The van der Waals surface area contributed by atoms with Crippen LogP contribution in [0.5, 0.6) is 5.75 Å². The van der Waals surface area contributed by atoms with Gasteiger partial charge in [0.15, 0.2) is 0 Å². The Kier molecular flexibility index (Phi) is 5.99. The van der Waals surface area contributed by atoms with Crippen molar-refractivity contribution < 1.29 is 14.2 Å². The van der Waals surface area contributed by atoms with E-state index >= 15 is 0 Å². The Balaban J connectivity index is 2.06. The molecular weight excluding hydrogens is 293 g/mol. The Bertz CT molecular complexity index is 572. The van der Waals surface area contributed by atoms with Crippen molar-refractivity contribution in [2.24, 2.45) is 0 Å². The molecule has 0 heterocycles. The van der Waals surface area contributed by atoms with E-state index in [1.807, 2.05) is 24.3 Å². The SMILES string of the molecule is OCCNCc1ccccc1OCc1c(F)cccc1Cl. The van der Waals surface area contributed by atoms with Crippen LogP contribution in [-0.4, -0.2) is 18.3 Å². The molecule has 0 aliphatic carbocycles. The summed E-state index contributed by atoms with van der Waals surface area (Å²) in [7, 11) is 0. The molecule has 112 valence electrons. The topological polar surface area (TPSA) is 41.5 Å². The second-order valence-electron chi connectivity index (χ2n) is 4.50. The van der Waals surface area contributed by atoms with Gasteiger partial charge in [-0.05, 0) is 18.2 Å². The number of benzene rings is 2. The van der Waals surface area contributed by atoms with E-state index in [1.165, 1.54) is 6.07 Å². The van der Waals surface area contributed by atoms with Gasteiger partial charge in [-0.3, -0.25) is 0 Å². The maximum atomic E-state index is 13.7. The molecule has 0 aromatic heterocycles. The Morgan fingerprint density at radius 1 is 1.14 bits per heavy atom. The molecular formula is C16H17ClFNO2. The Hall–Kier alpha value is -1.62. The number of aliphatic hydroxyl groups excluding tert-OH is 1. The molecule has 0 amide bonds. The summed E-state index contributed by atoms with van der Waals surface area (Å²) in [5, 5.41) is 12.2. The second-order valence-corrected chi connectivity index (χ2v) is 4.90. The molecule has 0 radical (unpaired) electrons. The lowest BCUT2D eigenvalue weighted by Gasteiger charge is -2.13. The summed E-state index contributed by atoms with van der Waals surface area (Å²) in [5.74, 6) is 0.292. The molecule has 0 bridgehead atoms. The largest absolute Gasteiger partial charge is 0.488 e. The lowest BCUT2D eigenvalue weighted by Crippen LogP contribution is -2.18. The number of hydrogen-bond acceptors (Lipinski definition) is 3. The Morgan fingerprint density at radius 2 is 1.95 bits per heavy atom. The first kappa shape index (κ1) is 15.8. The first-order valence-electron chi connectivity index (χ1n) is 6.67. The van der Waals surface area contributed by atoms with E-state index in [4.69, 9.17) is 21.4 Å². The minimum Gasteiger partial charge on any atom is -0.488 e. The third-order valence-corrected chi connectivity index (χ3v) is 3.36. The van der Waals surface area contributed by atoms with E-state index < -0.39 is 0 Å². The minimum absolute atomic E-state index is 0.0719. The molecule has 0 unspecified atom stereocenters. The number of nitrogens with one attached hydrogen (secondary N) is 1. The maximum absolute atomic E-state index is 13.7. The van der Waals surface area contributed by atoms with Crippen LogP contribution >= 0.6 is 11.6 Å². The van der Waals surface area contributed by atoms with Gasteiger partial charge in [0, 0.05) is 24.2 Å². The van der Waals surface area contributed by atoms with Crippen LogP contribution in [0.3, 0.4) is 0 Å². The summed E-state index contributed by atoms with van der Waals surface area (Å²) >= 11 is 5.98. The van der Waals surface area contributed by atoms with Gasteiger partial charge in [-0.25, -0.2) is 4.39 Å². The maximum Gasteiger partial charge on any atom is 0.131 e. The molecule has 0 fully saturated rings. The lowest BCUT2D eigenvalue weighted by atomic mass is 10.2. The smallest absolute Gasteiger partial charge is 0.131 e. The number of para-hydroxylation sites is 1. The Morgan fingerprint density at radius 3 is 2.71 bits per heavy atom. The van der Waals surface area contributed by atoms with Gasteiger partial charge in [0.25, 0.3) is 0 Å². The molecule has 2 aromatic rings. The van der Waals surface area contributed by atoms with Crippen molar-refractivity contribution >= 4 is 11.6 Å². The predicted molar refractivity (Wildman–Crippen MR) is 81.0 cm³/mol. The summed E-state index contributed by atoms with van der Waals surface area (Å²) in [6, 6.07) is 12.1. The van der Waals surface area contributed by atoms with Crippen LogP contribution < -0.4 is 10.1 Å². The summed E-state index contributed by atoms with van der Waals surface area (Å²) in [6.45, 7) is 1.23. The molecule has 0 saturated carbocycles. The summed E-state index contributed by atoms with van der Waals surface area (Å²) in [4.78, 5) is 0. The van der Waals surface area contributed by atoms with Gasteiger partial charge >= 0.3 is 0 Å². The third-order valence-electron chi connectivity index (χ3n) is 3.01. The normalized spacial score (nSPS) is 10.6. The van der Waals surface area contributed by atoms with Crippen molar-refractivity contribution in [1.29, 1.82) is 0 Å². The molecule has 2 N–H and O–H groups in total. The van der Waals surface area contributed by atoms with Gasteiger partial charge in [-0.15, -0.1) is 0 Å². The molecule has 0 spiro atoms. The predicted octanol–water partition coefficient (Wildman–Crippen LogP) is 3.14. The highest BCUT2D eigenvalue weighted by Gasteiger charge is 2.09. The van der Waals surface area contributed by atoms with Crippen LogP contribution in [0.2, 0.25) is 5.02 Å². The standard InChI is InChI=1S/C16H17ClFNO2/c17-14-5-3-6-15(18)13(14)11-21-16-7-2-1-4-12(16)10-19-8-9-20/h1-7,19-20H,8-11H2. The fourth-order valence-corrected chi connectivity index (χ4v) is 2.13. The summed E-state index contributed by atoms with van der Waals surface area (Å²) < 4.78 is 19.4. The van der Waals surface area contributed by atoms with Crippen molar-refractivity contribution in [2.75, 3.05) is 13.2 Å². The van der Waals surface area contributed by atoms with Gasteiger partial charge < -0.3 is 15.2 Å². The third kappa shape index (κ3) is 4.43. The number of aliphatic hydroxyl groups is 1. The van der Waals surface area contributed by atoms with Crippen LogP contribution in [0.25, 0.3) is 0 Å². The summed E-state index contributed by atoms with van der Waals surface area (Å²) in [6.07, 6.45) is 0. The Labute approximate surface area is 128 Å². The van der Waals surface area contributed by atoms with E-state index in [2.05, 4.69) is 5.32 Å². The highest BCUT2D eigenvalue weighted by molar-refractivity contribution is 6.31. The molecule has 0 aliphatic rings. The van der Waals surface area contributed by atoms with E-state index in [9.17, 15) is 4.39 Å². The van der Waals surface area contributed by atoms with Crippen LogP contribution in [0.4, 0.5) is 4.39 Å². The van der Waals surface area contributed by atoms with Crippen LogP contribution in [0, 0.1) is 5.82 Å². The van der Waals surface area contributed by atoms with Crippen molar-refractivity contribution in [1.82, 2.24) is 5.32 Å². The number of rotatable bonds is 7. The number of hydrogen-bond donors (Lipinski definition) is 2. The monoisotopic (exact) mass is 309 g/mol. The van der Waals surface area contributed by atoms with E-state index in [0.29, 0.717) is 29.4 Å².